The topological polar surface area (TPSA) is 49.3 Å². The molecule has 0 fully saturated rings. The Hall–Kier alpha value is -3.73. The molecule has 1 aliphatic rings. The van der Waals surface area contributed by atoms with Crippen molar-refractivity contribution in [3.8, 4) is 17.2 Å². The number of benzene rings is 3. The molecular weight excluding hydrogens is 402 g/mol. The third kappa shape index (κ3) is 4.06. The molecule has 1 aliphatic heterocycles. The molecule has 0 aromatic heterocycles. The SMILES string of the molecule is CCC/C(=C1\OC(=Nc2ccccc2)c2ccccc21)c1cc(OC)c(OC)c(OC)c1. The molecule has 3 aromatic carbocycles. The van der Waals surface area contributed by atoms with E-state index in [0.717, 1.165) is 46.6 Å². The van der Waals surface area contributed by atoms with E-state index >= 15 is 0 Å². The molecule has 0 unspecified atom stereocenters. The fourth-order valence-corrected chi connectivity index (χ4v) is 3.90. The minimum absolute atomic E-state index is 0.568. The highest BCUT2D eigenvalue weighted by molar-refractivity contribution is 6.11. The summed E-state index contributed by atoms with van der Waals surface area (Å²) in [5.41, 5.74) is 4.89. The first-order valence-corrected chi connectivity index (χ1v) is 10.6. The van der Waals surface area contributed by atoms with Crippen LogP contribution in [0.25, 0.3) is 11.3 Å². The van der Waals surface area contributed by atoms with E-state index in [0.29, 0.717) is 23.1 Å². The van der Waals surface area contributed by atoms with Gasteiger partial charge in [-0.3, -0.25) is 0 Å². The van der Waals surface area contributed by atoms with E-state index in [2.05, 4.69) is 13.0 Å². The summed E-state index contributed by atoms with van der Waals surface area (Å²) in [5, 5.41) is 0. The number of rotatable bonds is 7. The molecule has 0 saturated carbocycles. The second kappa shape index (κ2) is 9.60. The van der Waals surface area contributed by atoms with Crippen molar-refractivity contribution in [2.75, 3.05) is 21.3 Å². The lowest BCUT2D eigenvalue weighted by molar-refractivity contribution is 0.324. The van der Waals surface area contributed by atoms with Crippen LogP contribution in [-0.2, 0) is 4.74 Å². The third-order valence-corrected chi connectivity index (χ3v) is 5.37. The Bertz CT molecular complexity index is 1140. The smallest absolute Gasteiger partial charge is 0.227 e. The van der Waals surface area contributed by atoms with Crippen LogP contribution in [0.1, 0.15) is 36.5 Å². The fraction of sp³-hybridized carbons (Fsp3) is 0.222. The predicted octanol–water partition coefficient (Wildman–Crippen LogP) is 6.49. The fourth-order valence-electron chi connectivity index (χ4n) is 3.90. The van der Waals surface area contributed by atoms with Crippen LogP contribution in [0.2, 0.25) is 0 Å². The molecule has 164 valence electrons. The summed E-state index contributed by atoms with van der Waals surface area (Å²) in [6.45, 7) is 2.15. The van der Waals surface area contributed by atoms with Crippen LogP contribution in [0, 0.1) is 0 Å². The maximum Gasteiger partial charge on any atom is 0.227 e. The van der Waals surface area contributed by atoms with Crippen LogP contribution in [-0.4, -0.2) is 27.2 Å². The molecule has 0 amide bonds. The average Bonchev–Trinajstić information content (AvgIpc) is 3.20. The molecule has 0 N–H and O–H groups in total. The number of methoxy groups -OCH3 is 3. The Morgan fingerprint density at radius 1 is 0.812 bits per heavy atom. The number of ether oxygens (including phenoxy) is 4. The zero-order chi connectivity index (χ0) is 22.5. The van der Waals surface area contributed by atoms with E-state index in [9.17, 15) is 0 Å². The van der Waals surface area contributed by atoms with Gasteiger partial charge < -0.3 is 18.9 Å². The molecule has 0 spiro atoms. The van der Waals surface area contributed by atoms with E-state index in [1.165, 1.54) is 0 Å². The average molecular weight is 430 g/mol. The van der Waals surface area contributed by atoms with Gasteiger partial charge in [0.05, 0.1) is 27.0 Å². The quantitative estimate of drug-likeness (QED) is 0.431. The second-order valence-corrected chi connectivity index (χ2v) is 7.37. The van der Waals surface area contributed by atoms with Gasteiger partial charge >= 0.3 is 0 Å². The van der Waals surface area contributed by atoms with Crippen molar-refractivity contribution in [1.82, 2.24) is 0 Å². The molecular formula is C27H27NO4. The number of aliphatic imine (C=N–C) groups is 1. The van der Waals surface area contributed by atoms with E-state index in [-0.39, 0.29) is 0 Å². The summed E-state index contributed by atoms with van der Waals surface area (Å²) >= 11 is 0. The van der Waals surface area contributed by atoms with Gasteiger partial charge in [-0.25, -0.2) is 4.99 Å². The Morgan fingerprint density at radius 2 is 1.44 bits per heavy atom. The summed E-state index contributed by atoms with van der Waals surface area (Å²) in [5.74, 6) is 3.20. The molecule has 0 radical (unpaired) electrons. The van der Waals surface area contributed by atoms with E-state index in [1.54, 1.807) is 21.3 Å². The molecule has 1 heterocycles. The Kier molecular flexibility index (Phi) is 6.45. The van der Waals surface area contributed by atoms with Crippen molar-refractivity contribution >= 4 is 22.9 Å². The first-order chi connectivity index (χ1) is 15.7. The van der Waals surface area contributed by atoms with Gasteiger partial charge in [0.1, 0.15) is 5.76 Å². The normalized spacial score (nSPS) is 15.2. The van der Waals surface area contributed by atoms with Gasteiger partial charge in [0, 0.05) is 16.7 Å². The number of hydrogen-bond donors (Lipinski definition) is 0. The lowest BCUT2D eigenvalue weighted by Gasteiger charge is -2.17. The Balaban J connectivity index is 1.90. The molecule has 0 atom stereocenters. The van der Waals surface area contributed by atoms with E-state index in [1.807, 2.05) is 60.7 Å². The zero-order valence-corrected chi connectivity index (χ0v) is 18.8. The lowest BCUT2D eigenvalue weighted by atomic mass is 9.95. The number of allylic oxidation sites excluding steroid dienone is 1. The van der Waals surface area contributed by atoms with Crippen LogP contribution in [0.3, 0.4) is 0 Å². The van der Waals surface area contributed by atoms with Crippen molar-refractivity contribution in [1.29, 1.82) is 0 Å². The summed E-state index contributed by atoms with van der Waals surface area (Å²) in [6.07, 6.45) is 1.77. The number of fused-ring (bicyclic) bond motifs is 1. The Labute approximate surface area is 188 Å². The summed E-state index contributed by atoms with van der Waals surface area (Å²) < 4.78 is 23.1. The minimum Gasteiger partial charge on any atom is -0.493 e. The molecule has 0 saturated heterocycles. The molecule has 5 heteroatoms. The maximum absolute atomic E-state index is 6.43. The minimum atomic E-state index is 0.568. The molecule has 32 heavy (non-hydrogen) atoms. The number of hydrogen-bond acceptors (Lipinski definition) is 5. The number of nitrogens with zero attached hydrogens (tertiary/aromatic N) is 1. The summed E-state index contributed by atoms with van der Waals surface area (Å²) in [6, 6.07) is 21.9. The van der Waals surface area contributed by atoms with Crippen molar-refractivity contribution in [3.63, 3.8) is 0 Å². The standard InChI is InChI=1S/C27H27NO4/c1-5-11-20(18-16-23(29-2)26(31-4)24(17-18)30-3)25-21-14-9-10-15-22(21)27(32-25)28-19-12-7-6-8-13-19/h6-10,12-17H,5,11H2,1-4H3/b25-20+,28-27?. The highest BCUT2D eigenvalue weighted by Gasteiger charge is 2.28. The van der Waals surface area contributed by atoms with Crippen LogP contribution in [0.5, 0.6) is 17.2 Å². The molecule has 5 nitrogen and oxygen atoms in total. The van der Waals surface area contributed by atoms with Crippen molar-refractivity contribution in [3.05, 3.63) is 83.4 Å². The molecule has 0 aliphatic carbocycles. The van der Waals surface area contributed by atoms with E-state index in [4.69, 9.17) is 23.9 Å². The van der Waals surface area contributed by atoms with Crippen molar-refractivity contribution in [2.45, 2.75) is 19.8 Å². The van der Waals surface area contributed by atoms with Crippen molar-refractivity contribution < 1.29 is 18.9 Å². The van der Waals surface area contributed by atoms with Crippen LogP contribution in [0.4, 0.5) is 5.69 Å². The van der Waals surface area contributed by atoms with Gasteiger partial charge in [-0.2, -0.15) is 0 Å². The second-order valence-electron chi connectivity index (χ2n) is 7.37. The van der Waals surface area contributed by atoms with Gasteiger partial charge in [-0.05, 0) is 42.3 Å². The van der Waals surface area contributed by atoms with Gasteiger partial charge in [0.15, 0.2) is 11.5 Å². The largest absolute Gasteiger partial charge is 0.493 e. The first kappa shape index (κ1) is 21.5. The van der Waals surface area contributed by atoms with Gasteiger partial charge in [-0.15, -0.1) is 0 Å². The van der Waals surface area contributed by atoms with Crippen molar-refractivity contribution in [2.24, 2.45) is 4.99 Å². The predicted molar refractivity (Wildman–Crippen MR) is 128 cm³/mol. The molecule has 3 aromatic rings. The Morgan fingerprint density at radius 3 is 2.03 bits per heavy atom. The van der Waals surface area contributed by atoms with Gasteiger partial charge in [0.2, 0.25) is 11.6 Å². The third-order valence-electron chi connectivity index (χ3n) is 5.37. The highest BCUT2D eigenvalue weighted by atomic mass is 16.5. The lowest BCUT2D eigenvalue weighted by Crippen LogP contribution is -1.99. The first-order valence-electron chi connectivity index (χ1n) is 10.6. The van der Waals surface area contributed by atoms with Crippen LogP contribution in [0.15, 0.2) is 71.7 Å². The molecule has 4 rings (SSSR count). The summed E-state index contributed by atoms with van der Waals surface area (Å²) in [7, 11) is 4.85. The molecule has 0 bridgehead atoms. The van der Waals surface area contributed by atoms with Crippen LogP contribution >= 0.6 is 0 Å². The maximum atomic E-state index is 6.43. The highest BCUT2D eigenvalue weighted by Crippen LogP contribution is 2.44. The monoisotopic (exact) mass is 429 g/mol. The van der Waals surface area contributed by atoms with Crippen LogP contribution < -0.4 is 14.2 Å². The number of para-hydroxylation sites is 1. The zero-order valence-electron chi connectivity index (χ0n) is 18.8. The van der Waals surface area contributed by atoms with Gasteiger partial charge in [0.25, 0.3) is 0 Å². The van der Waals surface area contributed by atoms with Gasteiger partial charge in [-0.1, -0.05) is 49.7 Å². The van der Waals surface area contributed by atoms with E-state index < -0.39 is 0 Å². The summed E-state index contributed by atoms with van der Waals surface area (Å²) in [4.78, 5) is 4.77.